The third kappa shape index (κ3) is 4.96. The van der Waals surface area contributed by atoms with Crippen molar-refractivity contribution in [1.29, 1.82) is 0 Å². The Morgan fingerprint density at radius 2 is 1.94 bits per heavy atom. The molecule has 4 aromatic rings. The molecule has 1 saturated carbocycles. The Hall–Kier alpha value is -3.56. The molecule has 1 aliphatic carbocycles. The van der Waals surface area contributed by atoms with Crippen LogP contribution in [0.4, 0.5) is 11.4 Å². The number of nitrogens with two attached hydrogens (primary N) is 2. The van der Waals surface area contributed by atoms with Crippen molar-refractivity contribution in [1.82, 2.24) is 19.4 Å². The number of aromatic nitrogens is 4. The van der Waals surface area contributed by atoms with Crippen LogP contribution in [-0.4, -0.2) is 42.9 Å². The maximum Gasteiger partial charge on any atom is 0.135 e. The van der Waals surface area contributed by atoms with E-state index in [2.05, 4.69) is 26.6 Å². The first kappa shape index (κ1) is 23.2. The second-order valence-electron chi connectivity index (χ2n) is 8.88. The molecule has 1 aromatic carbocycles. The second-order valence-corrected chi connectivity index (χ2v) is 9.29. The quantitative estimate of drug-likeness (QED) is 0.224. The van der Waals surface area contributed by atoms with Gasteiger partial charge in [-0.2, -0.15) is 10.2 Å². The molecule has 5 rings (SSSR count). The van der Waals surface area contributed by atoms with Crippen LogP contribution in [0.5, 0.6) is 5.75 Å². The van der Waals surface area contributed by atoms with E-state index in [-0.39, 0.29) is 5.75 Å². The topological polar surface area (TPSA) is 132 Å². The van der Waals surface area contributed by atoms with E-state index in [4.69, 9.17) is 23.1 Å². The molecule has 0 atom stereocenters. The summed E-state index contributed by atoms with van der Waals surface area (Å²) in [7, 11) is 0. The van der Waals surface area contributed by atoms with Crippen LogP contribution >= 0.6 is 11.6 Å². The molecule has 0 unspecified atom stereocenters. The molecule has 0 saturated heterocycles. The summed E-state index contributed by atoms with van der Waals surface area (Å²) in [6.07, 6.45) is 13.4. The van der Waals surface area contributed by atoms with Crippen LogP contribution < -0.4 is 16.8 Å². The average Bonchev–Trinajstić information content (AvgIpc) is 3.49. The predicted octanol–water partition coefficient (Wildman–Crippen LogP) is 4.30. The number of aliphatic imine (C=N–C) groups is 1. The zero-order chi connectivity index (χ0) is 24.4. The predicted molar refractivity (Wildman–Crippen MR) is 139 cm³/mol. The number of rotatable bonds is 7. The molecule has 0 bridgehead atoms. The molecular formula is C25H29ClN8O. The van der Waals surface area contributed by atoms with Crippen molar-refractivity contribution in [3.8, 4) is 16.9 Å². The van der Waals surface area contributed by atoms with E-state index < -0.39 is 0 Å². The third-order valence-electron chi connectivity index (χ3n) is 6.36. The van der Waals surface area contributed by atoms with Crippen LogP contribution in [0.1, 0.15) is 37.7 Å². The van der Waals surface area contributed by atoms with Gasteiger partial charge >= 0.3 is 0 Å². The van der Waals surface area contributed by atoms with Gasteiger partial charge < -0.3 is 21.9 Å². The van der Waals surface area contributed by atoms with E-state index in [1.807, 2.05) is 27.8 Å². The summed E-state index contributed by atoms with van der Waals surface area (Å²) >= 11 is 6.27. The van der Waals surface area contributed by atoms with E-state index in [9.17, 15) is 5.11 Å². The normalized spacial score (nSPS) is 15.1. The van der Waals surface area contributed by atoms with Gasteiger partial charge in [-0.15, -0.1) is 0 Å². The Bertz CT molecular complexity index is 1370. The molecule has 10 heteroatoms. The summed E-state index contributed by atoms with van der Waals surface area (Å²) in [5.41, 5.74) is 17.1. The van der Waals surface area contributed by atoms with E-state index in [1.54, 1.807) is 12.3 Å². The summed E-state index contributed by atoms with van der Waals surface area (Å²) in [5, 5.41) is 22.7. The van der Waals surface area contributed by atoms with Crippen molar-refractivity contribution < 1.29 is 5.11 Å². The maximum absolute atomic E-state index is 9.66. The number of hydrogen-bond donors (Lipinski definition) is 4. The Kier molecular flexibility index (Phi) is 6.61. The number of benzene rings is 1. The van der Waals surface area contributed by atoms with Crippen LogP contribution in [-0.2, 0) is 6.54 Å². The highest BCUT2D eigenvalue weighted by atomic mass is 35.5. The number of halogens is 1. The van der Waals surface area contributed by atoms with Crippen molar-refractivity contribution in [3.63, 3.8) is 0 Å². The van der Waals surface area contributed by atoms with E-state index in [1.165, 1.54) is 31.4 Å². The minimum Gasteiger partial charge on any atom is -0.508 e. The first-order chi connectivity index (χ1) is 17.0. The Morgan fingerprint density at radius 3 is 2.71 bits per heavy atom. The lowest BCUT2D eigenvalue weighted by atomic mass is 9.95. The van der Waals surface area contributed by atoms with E-state index >= 15 is 0 Å². The summed E-state index contributed by atoms with van der Waals surface area (Å²) < 4.78 is 3.69. The molecule has 0 spiro atoms. The zero-order valence-corrected chi connectivity index (χ0v) is 20.1. The molecule has 0 aliphatic heterocycles. The van der Waals surface area contributed by atoms with Gasteiger partial charge in [0.25, 0.3) is 0 Å². The summed E-state index contributed by atoms with van der Waals surface area (Å²) in [6.45, 7) is 1.19. The van der Waals surface area contributed by atoms with Crippen LogP contribution in [0.15, 0.2) is 54.0 Å². The lowest BCUT2D eigenvalue weighted by molar-refractivity contribution is 0.463. The first-order valence-electron chi connectivity index (χ1n) is 11.9. The third-order valence-corrected chi connectivity index (χ3v) is 6.67. The lowest BCUT2D eigenvalue weighted by Crippen LogP contribution is -2.25. The van der Waals surface area contributed by atoms with Gasteiger partial charge in [0, 0.05) is 42.2 Å². The van der Waals surface area contributed by atoms with Gasteiger partial charge in [0.1, 0.15) is 11.6 Å². The molecule has 9 nitrogen and oxygen atoms in total. The largest absolute Gasteiger partial charge is 0.508 e. The molecule has 1 fully saturated rings. The molecule has 0 amide bonds. The number of aromatic hydroxyl groups is 1. The monoisotopic (exact) mass is 492 g/mol. The highest BCUT2D eigenvalue weighted by Gasteiger charge is 2.20. The van der Waals surface area contributed by atoms with Crippen LogP contribution in [0.2, 0.25) is 5.02 Å². The molecule has 35 heavy (non-hydrogen) atoms. The highest BCUT2D eigenvalue weighted by Crippen LogP contribution is 2.33. The van der Waals surface area contributed by atoms with E-state index in [0.717, 1.165) is 35.2 Å². The average molecular weight is 493 g/mol. The SMILES string of the molecule is NCCn1cc(-c2cc3c(NC4CCCCC4)c(/C(N)=N/c4ccc(O)cc4Cl)cnn3c2)cn1. The van der Waals surface area contributed by atoms with Crippen LogP contribution in [0, 0.1) is 0 Å². The standard InChI is InChI=1S/C25H29ClN8O/c26-21-11-19(35)6-7-22(21)32-25(28)20-13-30-34-15-16(17-12-29-33(14-17)9-8-27)10-23(34)24(20)31-18-4-2-1-3-5-18/h6-7,10-15,18,31,35H,1-5,8-9,27H2,(H2,28,32). The molecule has 182 valence electrons. The van der Waals surface area contributed by atoms with Crippen molar-refractivity contribution in [3.05, 3.63) is 59.6 Å². The molecular weight excluding hydrogens is 464 g/mol. The smallest absolute Gasteiger partial charge is 0.135 e. The minimum atomic E-state index is 0.0748. The summed E-state index contributed by atoms with van der Waals surface area (Å²) in [5.74, 6) is 0.371. The van der Waals surface area contributed by atoms with Gasteiger partial charge in [0.05, 0.1) is 46.4 Å². The highest BCUT2D eigenvalue weighted by molar-refractivity contribution is 6.33. The van der Waals surface area contributed by atoms with Gasteiger partial charge in [0.2, 0.25) is 0 Å². The van der Waals surface area contributed by atoms with Crippen molar-refractivity contribution in [2.24, 2.45) is 16.5 Å². The van der Waals surface area contributed by atoms with Gasteiger partial charge in [-0.25, -0.2) is 9.51 Å². The molecule has 3 aromatic heterocycles. The van der Waals surface area contributed by atoms with Crippen molar-refractivity contribution in [2.45, 2.75) is 44.7 Å². The Labute approximate surface area is 208 Å². The fourth-order valence-corrected chi connectivity index (χ4v) is 4.77. The van der Waals surface area contributed by atoms with Crippen LogP contribution in [0.25, 0.3) is 16.6 Å². The first-order valence-corrected chi connectivity index (χ1v) is 12.2. The van der Waals surface area contributed by atoms with Gasteiger partial charge in [-0.3, -0.25) is 4.68 Å². The minimum absolute atomic E-state index is 0.0748. The number of phenolic OH excluding ortho intramolecular Hbond substituents is 1. The van der Waals surface area contributed by atoms with Gasteiger partial charge in [0.15, 0.2) is 0 Å². The van der Waals surface area contributed by atoms with E-state index in [0.29, 0.717) is 41.2 Å². The maximum atomic E-state index is 9.66. The number of hydrogen-bond acceptors (Lipinski definition) is 6. The number of fused-ring (bicyclic) bond motifs is 1. The van der Waals surface area contributed by atoms with Gasteiger partial charge in [-0.1, -0.05) is 30.9 Å². The Balaban J connectivity index is 1.58. The second kappa shape index (κ2) is 9.97. The number of anilines is 1. The zero-order valence-electron chi connectivity index (χ0n) is 19.4. The van der Waals surface area contributed by atoms with Crippen LogP contribution in [0.3, 0.4) is 0 Å². The molecule has 0 radical (unpaired) electrons. The molecule has 6 N–H and O–H groups in total. The molecule has 1 aliphatic rings. The number of amidine groups is 1. The summed E-state index contributed by atoms with van der Waals surface area (Å²) in [6, 6.07) is 7.06. The summed E-state index contributed by atoms with van der Waals surface area (Å²) in [4.78, 5) is 4.56. The number of nitrogens with zero attached hydrogens (tertiary/aromatic N) is 5. The lowest BCUT2D eigenvalue weighted by Gasteiger charge is -2.25. The van der Waals surface area contributed by atoms with Gasteiger partial charge in [-0.05, 0) is 31.0 Å². The van der Waals surface area contributed by atoms with Crippen molar-refractivity contribution >= 4 is 34.3 Å². The number of nitrogens with one attached hydrogen (secondary N) is 1. The number of phenols is 1. The molecule has 3 heterocycles. The fraction of sp³-hybridized carbons (Fsp3) is 0.320. The fourth-order valence-electron chi connectivity index (χ4n) is 4.56. The van der Waals surface area contributed by atoms with Crippen molar-refractivity contribution in [2.75, 3.05) is 11.9 Å². The Morgan fingerprint density at radius 1 is 1.11 bits per heavy atom.